The Hall–Kier alpha value is -1.75. The maximum absolute atomic E-state index is 13.1. The molecule has 2 amide bonds. The summed E-state index contributed by atoms with van der Waals surface area (Å²) in [6.07, 6.45) is 0.587. The number of nitrogens with zero attached hydrogens (tertiary/aromatic N) is 1. The summed E-state index contributed by atoms with van der Waals surface area (Å²) in [6.45, 7) is 2.11. The van der Waals surface area contributed by atoms with E-state index < -0.39 is 6.04 Å². The van der Waals surface area contributed by atoms with Gasteiger partial charge in [0.2, 0.25) is 11.8 Å². The van der Waals surface area contributed by atoms with Gasteiger partial charge >= 0.3 is 0 Å². The predicted octanol–water partition coefficient (Wildman–Crippen LogP) is 4.74. The second-order valence-electron chi connectivity index (χ2n) is 6.08. The second-order valence-corrected chi connectivity index (χ2v) is 7.30. The van der Waals surface area contributed by atoms with Crippen LogP contribution in [0.1, 0.15) is 24.5 Å². The molecule has 2 aromatic carbocycles. The molecule has 0 radical (unpaired) electrons. The molecular formula is C20H21Cl3N2O2. The quantitative estimate of drug-likeness (QED) is 0.693. The van der Waals surface area contributed by atoms with Gasteiger partial charge in [0.15, 0.2) is 0 Å². The zero-order valence-electron chi connectivity index (χ0n) is 15.1. The standard InChI is InChI=1S/C20H21Cl3N2O2/c1-3-18(20(27)24-2)25(12-13-8-9-16(22)17(23)10-13)19(26)11-14-6-4-5-7-15(14)21/h4-10,18H,3,11-12H2,1-2H3,(H,24,27)/t18-/m1/s1. The van der Waals surface area contributed by atoms with E-state index >= 15 is 0 Å². The molecule has 0 aromatic heterocycles. The van der Waals surface area contributed by atoms with Crippen LogP contribution in [-0.2, 0) is 22.6 Å². The van der Waals surface area contributed by atoms with Gasteiger partial charge in [-0.25, -0.2) is 0 Å². The van der Waals surface area contributed by atoms with Crippen molar-refractivity contribution in [3.05, 3.63) is 68.7 Å². The van der Waals surface area contributed by atoms with Gasteiger partial charge < -0.3 is 10.2 Å². The Morgan fingerprint density at radius 2 is 1.74 bits per heavy atom. The number of hydrogen-bond donors (Lipinski definition) is 1. The Morgan fingerprint density at radius 1 is 1.04 bits per heavy atom. The molecule has 2 rings (SSSR count). The number of carbonyl (C=O) groups is 2. The summed E-state index contributed by atoms with van der Waals surface area (Å²) >= 11 is 18.3. The maximum atomic E-state index is 13.1. The van der Waals surface area contributed by atoms with Crippen LogP contribution in [0.25, 0.3) is 0 Å². The fraction of sp³-hybridized carbons (Fsp3) is 0.300. The van der Waals surface area contributed by atoms with Gasteiger partial charge in [-0.3, -0.25) is 9.59 Å². The van der Waals surface area contributed by atoms with Crippen molar-refractivity contribution in [1.82, 2.24) is 10.2 Å². The molecule has 144 valence electrons. The number of amides is 2. The lowest BCUT2D eigenvalue weighted by atomic mass is 10.1. The van der Waals surface area contributed by atoms with Gasteiger partial charge in [0.1, 0.15) is 6.04 Å². The SMILES string of the molecule is CC[C@H](C(=O)NC)N(Cc1ccc(Cl)c(Cl)c1)C(=O)Cc1ccccc1Cl. The van der Waals surface area contributed by atoms with Crippen molar-refractivity contribution in [3.63, 3.8) is 0 Å². The van der Waals surface area contributed by atoms with Crippen LogP contribution in [0.3, 0.4) is 0 Å². The first-order chi connectivity index (χ1) is 12.9. The van der Waals surface area contributed by atoms with E-state index in [1.807, 2.05) is 19.1 Å². The van der Waals surface area contributed by atoms with Crippen molar-refractivity contribution in [2.75, 3.05) is 7.05 Å². The minimum absolute atomic E-state index is 0.106. The number of nitrogens with one attached hydrogen (secondary N) is 1. The monoisotopic (exact) mass is 426 g/mol. The van der Waals surface area contributed by atoms with Crippen LogP contribution < -0.4 is 5.32 Å². The first kappa shape index (κ1) is 21.5. The zero-order chi connectivity index (χ0) is 20.0. The summed E-state index contributed by atoms with van der Waals surface area (Å²) in [5.41, 5.74) is 1.51. The predicted molar refractivity (Wildman–Crippen MR) is 110 cm³/mol. The average molecular weight is 428 g/mol. The van der Waals surface area contributed by atoms with Gasteiger partial charge in [-0.2, -0.15) is 0 Å². The Labute approximate surface area is 174 Å². The fourth-order valence-corrected chi connectivity index (χ4v) is 3.35. The van der Waals surface area contributed by atoms with Crippen LogP contribution in [0.15, 0.2) is 42.5 Å². The van der Waals surface area contributed by atoms with Crippen molar-refractivity contribution in [3.8, 4) is 0 Å². The fourth-order valence-electron chi connectivity index (χ4n) is 2.83. The third kappa shape index (κ3) is 5.61. The van der Waals surface area contributed by atoms with Crippen LogP contribution in [0, 0.1) is 0 Å². The first-order valence-corrected chi connectivity index (χ1v) is 9.69. The summed E-state index contributed by atoms with van der Waals surface area (Å²) in [7, 11) is 1.56. The lowest BCUT2D eigenvalue weighted by Crippen LogP contribution is -2.48. The van der Waals surface area contributed by atoms with Crippen LogP contribution >= 0.6 is 34.8 Å². The first-order valence-electron chi connectivity index (χ1n) is 8.55. The highest BCUT2D eigenvalue weighted by Crippen LogP contribution is 2.25. The van der Waals surface area contributed by atoms with E-state index in [9.17, 15) is 9.59 Å². The van der Waals surface area contributed by atoms with Crippen molar-refractivity contribution in [2.24, 2.45) is 0 Å². The number of carbonyl (C=O) groups excluding carboxylic acids is 2. The van der Waals surface area contributed by atoms with E-state index in [1.165, 1.54) is 0 Å². The van der Waals surface area contributed by atoms with E-state index in [1.54, 1.807) is 42.3 Å². The highest BCUT2D eigenvalue weighted by atomic mass is 35.5. The normalized spacial score (nSPS) is 11.7. The molecule has 7 heteroatoms. The Bertz CT molecular complexity index is 827. The Kier molecular flexibility index (Phi) is 7.96. The molecule has 27 heavy (non-hydrogen) atoms. The van der Waals surface area contributed by atoms with Gasteiger partial charge in [0.05, 0.1) is 16.5 Å². The number of rotatable bonds is 7. The van der Waals surface area contributed by atoms with Crippen LogP contribution in [0.5, 0.6) is 0 Å². The minimum atomic E-state index is -0.598. The number of likely N-dealkylation sites (N-methyl/N-ethyl adjacent to an activating group) is 1. The minimum Gasteiger partial charge on any atom is -0.357 e. The van der Waals surface area contributed by atoms with E-state index in [0.29, 0.717) is 21.5 Å². The molecule has 1 atom stereocenters. The number of halogens is 3. The third-order valence-corrected chi connectivity index (χ3v) is 5.38. The molecular weight excluding hydrogens is 407 g/mol. The summed E-state index contributed by atoms with van der Waals surface area (Å²) in [6, 6.07) is 11.8. The van der Waals surface area contributed by atoms with Crippen molar-refractivity contribution in [1.29, 1.82) is 0 Å². The summed E-state index contributed by atoms with van der Waals surface area (Å²) in [4.78, 5) is 27.0. The molecule has 0 unspecified atom stereocenters. The summed E-state index contributed by atoms with van der Waals surface area (Å²) < 4.78 is 0. The lowest BCUT2D eigenvalue weighted by molar-refractivity contribution is -0.140. The Morgan fingerprint density at radius 3 is 2.33 bits per heavy atom. The second kappa shape index (κ2) is 9.98. The molecule has 0 saturated carbocycles. The van der Waals surface area contributed by atoms with E-state index in [4.69, 9.17) is 34.8 Å². The molecule has 0 bridgehead atoms. The van der Waals surface area contributed by atoms with Gasteiger partial charge in [-0.1, -0.05) is 66.0 Å². The smallest absolute Gasteiger partial charge is 0.242 e. The maximum Gasteiger partial charge on any atom is 0.242 e. The van der Waals surface area contributed by atoms with Gasteiger partial charge in [-0.15, -0.1) is 0 Å². The van der Waals surface area contributed by atoms with Crippen molar-refractivity contribution < 1.29 is 9.59 Å². The molecule has 0 saturated heterocycles. The molecule has 0 fully saturated rings. The van der Waals surface area contributed by atoms with Crippen molar-refractivity contribution >= 4 is 46.6 Å². The molecule has 0 aliphatic carbocycles. The lowest BCUT2D eigenvalue weighted by Gasteiger charge is -2.30. The summed E-state index contributed by atoms with van der Waals surface area (Å²) in [5, 5.41) is 3.99. The van der Waals surface area contributed by atoms with E-state index in [-0.39, 0.29) is 24.8 Å². The third-order valence-electron chi connectivity index (χ3n) is 4.27. The highest BCUT2D eigenvalue weighted by molar-refractivity contribution is 6.42. The topological polar surface area (TPSA) is 49.4 Å². The van der Waals surface area contributed by atoms with E-state index in [2.05, 4.69) is 5.32 Å². The molecule has 4 nitrogen and oxygen atoms in total. The highest BCUT2D eigenvalue weighted by Gasteiger charge is 2.28. The Balaban J connectivity index is 2.33. The molecule has 0 heterocycles. The molecule has 0 spiro atoms. The largest absolute Gasteiger partial charge is 0.357 e. The molecule has 1 N–H and O–H groups in total. The molecule has 0 aliphatic rings. The van der Waals surface area contributed by atoms with Gasteiger partial charge in [0, 0.05) is 18.6 Å². The van der Waals surface area contributed by atoms with Crippen LogP contribution in [0.4, 0.5) is 0 Å². The molecule has 2 aromatic rings. The molecule has 0 aliphatic heterocycles. The van der Waals surface area contributed by atoms with Crippen LogP contribution in [0.2, 0.25) is 15.1 Å². The van der Waals surface area contributed by atoms with Crippen LogP contribution in [-0.4, -0.2) is 29.8 Å². The van der Waals surface area contributed by atoms with Gasteiger partial charge in [0.25, 0.3) is 0 Å². The van der Waals surface area contributed by atoms with Crippen molar-refractivity contribution in [2.45, 2.75) is 32.4 Å². The number of hydrogen-bond acceptors (Lipinski definition) is 2. The zero-order valence-corrected chi connectivity index (χ0v) is 17.4. The number of benzene rings is 2. The average Bonchev–Trinajstić information content (AvgIpc) is 2.65. The van der Waals surface area contributed by atoms with E-state index in [0.717, 1.165) is 11.1 Å². The summed E-state index contributed by atoms with van der Waals surface area (Å²) in [5.74, 6) is -0.408. The van der Waals surface area contributed by atoms with Gasteiger partial charge in [-0.05, 0) is 35.7 Å².